The van der Waals surface area contributed by atoms with Gasteiger partial charge in [0, 0.05) is 13.1 Å². The summed E-state index contributed by atoms with van der Waals surface area (Å²) in [6, 6.07) is 10.3. The number of amides is 1. The zero-order valence-electron chi connectivity index (χ0n) is 19.3. The van der Waals surface area contributed by atoms with Crippen LogP contribution in [0.5, 0.6) is 5.75 Å². The van der Waals surface area contributed by atoms with Gasteiger partial charge in [-0.2, -0.15) is 23.0 Å². The number of halogens is 3. The van der Waals surface area contributed by atoms with Crippen LogP contribution in [0.25, 0.3) is 5.69 Å². The van der Waals surface area contributed by atoms with E-state index in [4.69, 9.17) is 4.74 Å². The van der Waals surface area contributed by atoms with Crippen molar-refractivity contribution in [3.63, 3.8) is 0 Å². The van der Waals surface area contributed by atoms with Gasteiger partial charge in [-0.15, -0.1) is 0 Å². The molecule has 0 radical (unpaired) electrons. The van der Waals surface area contributed by atoms with Gasteiger partial charge in [0.2, 0.25) is 5.69 Å². The monoisotopic (exact) mass is 491 g/mol. The Morgan fingerprint density at radius 2 is 1.69 bits per heavy atom. The summed E-state index contributed by atoms with van der Waals surface area (Å²) in [4.78, 5) is 40.8. The first-order chi connectivity index (χ1) is 16.5. The first-order valence-corrected chi connectivity index (χ1v) is 10.5. The van der Waals surface area contributed by atoms with E-state index < -0.39 is 34.6 Å². The molecular formula is C23H24F3N5O4. The summed E-state index contributed by atoms with van der Waals surface area (Å²) in [6.45, 7) is 0.379. The number of nitrogens with one attached hydrogen (secondary N) is 1. The molecule has 0 aliphatic carbocycles. The van der Waals surface area contributed by atoms with Crippen molar-refractivity contribution in [3.05, 3.63) is 86.2 Å². The molecule has 1 heterocycles. The smallest absolute Gasteiger partial charge is 0.416 e. The predicted octanol–water partition coefficient (Wildman–Crippen LogP) is 1.76. The van der Waals surface area contributed by atoms with Crippen molar-refractivity contribution in [1.29, 1.82) is 0 Å². The van der Waals surface area contributed by atoms with E-state index in [9.17, 15) is 27.6 Å². The SMILES string of the molecule is COc1ccc(-n2nc(C(=O)NCCN(C)C)c(=O)n(Cc3ccc(C(F)(F)F)cc3)c2=O)cc1. The lowest BCUT2D eigenvalue weighted by Crippen LogP contribution is -2.46. The molecular weight excluding hydrogens is 467 g/mol. The number of ether oxygens (including phenoxy) is 1. The van der Waals surface area contributed by atoms with E-state index in [1.807, 2.05) is 19.0 Å². The molecule has 9 nitrogen and oxygen atoms in total. The van der Waals surface area contributed by atoms with E-state index in [1.54, 1.807) is 12.1 Å². The fourth-order valence-electron chi connectivity index (χ4n) is 3.15. The van der Waals surface area contributed by atoms with Crippen molar-refractivity contribution in [2.45, 2.75) is 12.7 Å². The lowest BCUT2D eigenvalue weighted by molar-refractivity contribution is -0.137. The van der Waals surface area contributed by atoms with Gasteiger partial charge >= 0.3 is 11.9 Å². The number of aromatic nitrogens is 3. The number of benzene rings is 2. The molecule has 0 atom stereocenters. The normalized spacial score (nSPS) is 11.5. The molecule has 0 bridgehead atoms. The summed E-state index contributed by atoms with van der Waals surface area (Å²) in [7, 11) is 5.09. The number of alkyl halides is 3. The van der Waals surface area contributed by atoms with Gasteiger partial charge in [-0.3, -0.25) is 14.2 Å². The van der Waals surface area contributed by atoms with Crippen molar-refractivity contribution in [1.82, 2.24) is 24.6 Å². The molecule has 1 N–H and O–H groups in total. The van der Waals surface area contributed by atoms with Gasteiger partial charge in [0.05, 0.1) is 24.9 Å². The van der Waals surface area contributed by atoms with Crippen LogP contribution < -0.4 is 21.3 Å². The van der Waals surface area contributed by atoms with Crippen LogP contribution in [0, 0.1) is 0 Å². The number of likely N-dealkylation sites (N-methyl/N-ethyl adjacent to an activating group) is 1. The third-order valence-corrected chi connectivity index (χ3v) is 5.06. The average molecular weight is 491 g/mol. The van der Waals surface area contributed by atoms with Crippen LogP contribution >= 0.6 is 0 Å². The Morgan fingerprint density at radius 1 is 1.06 bits per heavy atom. The second-order valence-corrected chi connectivity index (χ2v) is 7.89. The Hall–Kier alpha value is -3.93. The number of hydrogen-bond donors (Lipinski definition) is 1. The summed E-state index contributed by atoms with van der Waals surface area (Å²) in [5.41, 5.74) is -2.67. The van der Waals surface area contributed by atoms with E-state index in [0.29, 0.717) is 12.3 Å². The maximum Gasteiger partial charge on any atom is 0.416 e. The highest BCUT2D eigenvalue weighted by atomic mass is 19.4. The van der Waals surface area contributed by atoms with Crippen LogP contribution in [0.2, 0.25) is 0 Å². The van der Waals surface area contributed by atoms with Crippen molar-refractivity contribution >= 4 is 5.91 Å². The fraction of sp³-hybridized carbons (Fsp3) is 0.304. The van der Waals surface area contributed by atoms with Crippen LogP contribution in [0.3, 0.4) is 0 Å². The highest BCUT2D eigenvalue weighted by molar-refractivity contribution is 5.91. The molecule has 0 unspecified atom stereocenters. The Kier molecular flexibility index (Phi) is 7.75. The minimum atomic E-state index is -4.52. The van der Waals surface area contributed by atoms with E-state index in [2.05, 4.69) is 10.4 Å². The molecule has 2 aromatic carbocycles. The quantitative estimate of drug-likeness (QED) is 0.516. The van der Waals surface area contributed by atoms with Crippen LogP contribution in [0.4, 0.5) is 13.2 Å². The number of carbonyl (C=O) groups is 1. The lowest BCUT2D eigenvalue weighted by Gasteiger charge is -2.14. The van der Waals surface area contributed by atoms with Gasteiger partial charge < -0.3 is 15.0 Å². The molecule has 1 amide bonds. The van der Waals surface area contributed by atoms with Crippen molar-refractivity contribution in [3.8, 4) is 11.4 Å². The molecule has 3 rings (SSSR count). The average Bonchev–Trinajstić information content (AvgIpc) is 2.81. The van der Waals surface area contributed by atoms with E-state index in [-0.39, 0.29) is 24.3 Å². The van der Waals surface area contributed by atoms with Crippen LogP contribution in [0.15, 0.2) is 58.1 Å². The molecule has 35 heavy (non-hydrogen) atoms. The van der Waals surface area contributed by atoms with Gasteiger partial charge in [0.25, 0.3) is 11.5 Å². The van der Waals surface area contributed by atoms with Crippen LogP contribution in [-0.4, -0.2) is 59.4 Å². The lowest BCUT2D eigenvalue weighted by atomic mass is 10.1. The second-order valence-electron chi connectivity index (χ2n) is 7.89. The third-order valence-electron chi connectivity index (χ3n) is 5.06. The number of carbonyl (C=O) groups excluding carboxylic acids is 1. The maximum atomic E-state index is 13.2. The van der Waals surface area contributed by atoms with Crippen molar-refractivity contribution < 1.29 is 22.7 Å². The summed E-state index contributed by atoms with van der Waals surface area (Å²) < 4.78 is 45.4. The second kappa shape index (κ2) is 10.6. The predicted molar refractivity (Wildman–Crippen MR) is 122 cm³/mol. The van der Waals surface area contributed by atoms with Crippen molar-refractivity contribution in [2.24, 2.45) is 0 Å². The van der Waals surface area contributed by atoms with E-state index in [0.717, 1.165) is 21.4 Å². The molecule has 0 aliphatic rings. The molecule has 12 heteroatoms. The standard InChI is InChI=1S/C23H24F3N5O4/c1-29(2)13-12-27-20(32)19-21(33)30(14-15-4-6-16(7-5-15)23(24,25)26)22(34)31(28-19)17-8-10-18(35-3)11-9-17/h4-11H,12-14H2,1-3H3,(H,27,32). The Labute approximate surface area is 198 Å². The highest BCUT2D eigenvalue weighted by Crippen LogP contribution is 2.29. The molecule has 0 aliphatic heterocycles. The van der Waals surface area contributed by atoms with Gasteiger partial charge in [-0.05, 0) is 56.1 Å². The number of rotatable bonds is 8. The minimum Gasteiger partial charge on any atom is -0.497 e. The van der Waals surface area contributed by atoms with Gasteiger partial charge in [0.15, 0.2) is 0 Å². The zero-order chi connectivity index (χ0) is 25.8. The minimum absolute atomic E-state index is 0.230. The highest BCUT2D eigenvalue weighted by Gasteiger charge is 2.30. The summed E-state index contributed by atoms with van der Waals surface area (Å²) in [5.74, 6) is -0.262. The van der Waals surface area contributed by atoms with Gasteiger partial charge in [-0.1, -0.05) is 12.1 Å². The van der Waals surface area contributed by atoms with Crippen molar-refractivity contribution in [2.75, 3.05) is 34.3 Å². The Balaban J connectivity index is 2.07. The fourth-order valence-corrected chi connectivity index (χ4v) is 3.15. The van der Waals surface area contributed by atoms with Gasteiger partial charge in [0.1, 0.15) is 5.75 Å². The largest absolute Gasteiger partial charge is 0.497 e. The first kappa shape index (κ1) is 25.7. The number of methoxy groups -OCH3 is 1. The molecule has 1 aromatic heterocycles. The van der Waals surface area contributed by atoms with Crippen LogP contribution in [0.1, 0.15) is 21.6 Å². The summed E-state index contributed by atoms with van der Waals surface area (Å²) in [6.07, 6.45) is -4.52. The molecule has 0 saturated carbocycles. The number of hydrogen-bond acceptors (Lipinski definition) is 6. The molecule has 0 fully saturated rings. The third kappa shape index (κ3) is 6.15. The maximum absolute atomic E-state index is 13.2. The molecule has 0 saturated heterocycles. The first-order valence-electron chi connectivity index (χ1n) is 10.5. The summed E-state index contributed by atoms with van der Waals surface area (Å²) in [5, 5.41) is 6.59. The summed E-state index contributed by atoms with van der Waals surface area (Å²) >= 11 is 0. The molecule has 186 valence electrons. The van der Waals surface area contributed by atoms with Gasteiger partial charge in [-0.25, -0.2) is 4.79 Å². The Bertz CT molecular complexity index is 1300. The van der Waals surface area contributed by atoms with E-state index in [1.165, 1.54) is 31.4 Å². The zero-order valence-corrected chi connectivity index (χ0v) is 19.3. The molecule has 0 spiro atoms. The number of nitrogens with zero attached hydrogens (tertiary/aromatic N) is 4. The topological polar surface area (TPSA) is 98.5 Å². The van der Waals surface area contributed by atoms with Crippen LogP contribution in [-0.2, 0) is 12.7 Å². The van der Waals surface area contributed by atoms with E-state index >= 15 is 0 Å². The molecule has 3 aromatic rings. The Morgan fingerprint density at radius 3 is 2.23 bits per heavy atom.